The zero-order chi connectivity index (χ0) is 16.6. The van der Waals surface area contributed by atoms with Gasteiger partial charge in [-0.05, 0) is 39.0 Å². The number of hydrogen-bond acceptors (Lipinski definition) is 4. The smallest absolute Gasteiger partial charge is 0.0835 e. The molecule has 1 heterocycles. The molecule has 0 unspecified atom stereocenters. The molecular formula is C18H37NO3. The molecule has 1 rings (SSSR count). The van der Waals surface area contributed by atoms with E-state index in [-0.39, 0.29) is 5.60 Å². The topological polar surface area (TPSA) is 30.9 Å². The zero-order valence-electron chi connectivity index (χ0n) is 15.6. The first-order valence-electron chi connectivity index (χ1n) is 8.71. The summed E-state index contributed by atoms with van der Waals surface area (Å²) in [6.07, 6.45) is 2.50. The van der Waals surface area contributed by atoms with Crippen LogP contribution in [0.4, 0.5) is 0 Å². The highest BCUT2D eigenvalue weighted by atomic mass is 16.5. The van der Waals surface area contributed by atoms with E-state index in [4.69, 9.17) is 14.2 Å². The second-order valence-electron chi connectivity index (χ2n) is 8.50. The van der Waals surface area contributed by atoms with Crippen LogP contribution in [-0.2, 0) is 14.2 Å². The predicted octanol–water partition coefficient (Wildman–Crippen LogP) is 3.35. The van der Waals surface area contributed by atoms with Crippen LogP contribution in [0.3, 0.4) is 0 Å². The Morgan fingerprint density at radius 1 is 0.864 bits per heavy atom. The Kier molecular flexibility index (Phi) is 8.33. The van der Waals surface area contributed by atoms with Gasteiger partial charge in [-0.15, -0.1) is 0 Å². The number of ether oxygens (including phenoxy) is 3. The Morgan fingerprint density at radius 2 is 1.45 bits per heavy atom. The quantitative estimate of drug-likeness (QED) is 0.579. The summed E-state index contributed by atoms with van der Waals surface area (Å²) in [5, 5.41) is 0. The van der Waals surface area contributed by atoms with E-state index in [2.05, 4.69) is 46.4 Å². The highest BCUT2D eigenvalue weighted by molar-refractivity contribution is 4.82. The molecule has 1 fully saturated rings. The SMILES string of the molecule is CC(C)(C)CCOCCCOCCN1CC(OC(C)(C)C)C1. The fraction of sp³-hybridized carbons (Fsp3) is 1.00. The van der Waals surface area contributed by atoms with Crippen molar-refractivity contribution < 1.29 is 14.2 Å². The Morgan fingerprint density at radius 3 is 2.00 bits per heavy atom. The van der Waals surface area contributed by atoms with Gasteiger partial charge in [-0.1, -0.05) is 20.8 Å². The van der Waals surface area contributed by atoms with Crippen LogP contribution in [0, 0.1) is 5.41 Å². The van der Waals surface area contributed by atoms with Gasteiger partial charge in [0, 0.05) is 39.5 Å². The molecule has 4 heteroatoms. The predicted molar refractivity (Wildman–Crippen MR) is 91.4 cm³/mol. The van der Waals surface area contributed by atoms with Crippen molar-refractivity contribution in [2.45, 2.75) is 66.1 Å². The van der Waals surface area contributed by atoms with Gasteiger partial charge >= 0.3 is 0 Å². The summed E-state index contributed by atoms with van der Waals surface area (Å²) in [5.41, 5.74) is 0.336. The minimum atomic E-state index is -0.0275. The molecule has 0 radical (unpaired) electrons. The first kappa shape index (κ1) is 19.9. The van der Waals surface area contributed by atoms with Crippen LogP contribution in [0.25, 0.3) is 0 Å². The van der Waals surface area contributed by atoms with Crippen LogP contribution in [0.2, 0.25) is 0 Å². The van der Waals surface area contributed by atoms with Gasteiger partial charge in [0.15, 0.2) is 0 Å². The second kappa shape index (κ2) is 9.21. The fourth-order valence-electron chi connectivity index (χ4n) is 2.32. The zero-order valence-corrected chi connectivity index (χ0v) is 15.6. The summed E-state index contributed by atoms with van der Waals surface area (Å²) >= 11 is 0. The maximum Gasteiger partial charge on any atom is 0.0835 e. The molecule has 0 N–H and O–H groups in total. The Balaban J connectivity index is 1.82. The average Bonchev–Trinajstić information content (AvgIpc) is 2.30. The Hall–Kier alpha value is -0.160. The normalized spacial score (nSPS) is 17.7. The Labute approximate surface area is 137 Å². The van der Waals surface area contributed by atoms with Crippen molar-refractivity contribution in [1.82, 2.24) is 4.90 Å². The molecule has 0 aromatic carbocycles. The van der Waals surface area contributed by atoms with E-state index in [1.807, 2.05) is 0 Å². The highest BCUT2D eigenvalue weighted by Crippen LogP contribution is 2.19. The summed E-state index contributed by atoms with van der Waals surface area (Å²) in [7, 11) is 0. The second-order valence-corrected chi connectivity index (χ2v) is 8.50. The van der Waals surface area contributed by atoms with Crippen molar-refractivity contribution in [2.24, 2.45) is 5.41 Å². The number of rotatable bonds is 10. The van der Waals surface area contributed by atoms with Crippen LogP contribution in [0.1, 0.15) is 54.4 Å². The van der Waals surface area contributed by atoms with Crippen molar-refractivity contribution >= 4 is 0 Å². The molecule has 0 aromatic rings. The molecule has 22 heavy (non-hydrogen) atoms. The average molecular weight is 315 g/mol. The molecule has 132 valence electrons. The van der Waals surface area contributed by atoms with Crippen molar-refractivity contribution in [3.63, 3.8) is 0 Å². The molecule has 0 amide bonds. The molecular weight excluding hydrogens is 278 g/mol. The van der Waals surface area contributed by atoms with Gasteiger partial charge in [0.1, 0.15) is 0 Å². The van der Waals surface area contributed by atoms with Gasteiger partial charge in [-0.3, -0.25) is 4.90 Å². The number of likely N-dealkylation sites (tertiary alicyclic amines) is 1. The summed E-state index contributed by atoms with van der Waals surface area (Å²) in [6.45, 7) is 19.4. The molecule has 0 bridgehead atoms. The molecule has 0 saturated carbocycles. The van der Waals surface area contributed by atoms with Gasteiger partial charge in [0.2, 0.25) is 0 Å². The third-order valence-corrected chi connectivity index (χ3v) is 3.57. The van der Waals surface area contributed by atoms with E-state index < -0.39 is 0 Å². The van der Waals surface area contributed by atoms with Gasteiger partial charge in [0.25, 0.3) is 0 Å². The lowest BCUT2D eigenvalue weighted by Crippen LogP contribution is -2.55. The molecule has 4 nitrogen and oxygen atoms in total. The largest absolute Gasteiger partial charge is 0.381 e. The number of hydrogen-bond donors (Lipinski definition) is 0. The maximum atomic E-state index is 5.91. The minimum absolute atomic E-state index is 0.0275. The summed E-state index contributed by atoms with van der Waals surface area (Å²) in [5.74, 6) is 0. The first-order chi connectivity index (χ1) is 10.2. The van der Waals surface area contributed by atoms with E-state index in [1.165, 1.54) is 0 Å². The third kappa shape index (κ3) is 10.5. The minimum Gasteiger partial charge on any atom is -0.381 e. The Bertz CT molecular complexity index is 288. The van der Waals surface area contributed by atoms with Crippen LogP contribution in [0.5, 0.6) is 0 Å². The monoisotopic (exact) mass is 315 g/mol. The molecule has 0 spiro atoms. The van der Waals surface area contributed by atoms with E-state index >= 15 is 0 Å². The van der Waals surface area contributed by atoms with Crippen molar-refractivity contribution in [3.05, 3.63) is 0 Å². The van der Waals surface area contributed by atoms with Gasteiger partial charge < -0.3 is 14.2 Å². The molecule has 1 aliphatic rings. The molecule has 1 saturated heterocycles. The first-order valence-corrected chi connectivity index (χ1v) is 8.71. The van der Waals surface area contributed by atoms with Crippen LogP contribution < -0.4 is 0 Å². The summed E-state index contributed by atoms with van der Waals surface area (Å²) in [6, 6.07) is 0. The standard InChI is InChI=1S/C18H37NO3/c1-17(2,3)8-12-20-10-7-11-21-13-9-19-14-16(15-19)22-18(4,5)6/h16H,7-15H2,1-6H3. The number of nitrogens with zero attached hydrogens (tertiary/aromatic N) is 1. The molecule has 0 aliphatic carbocycles. The molecule has 0 aromatic heterocycles. The fourth-order valence-corrected chi connectivity index (χ4v) is 2.32. The molecule has 1 aliphatic heterocycles. The van der Waals surface area contributed by atoms with Crippen LogP contribution in [0.15, 0.2) is 0 Å². The highest BCUT2D eigenvalue weighted by Gasteiger charge is 2.30. The van der Waals surface area contributed by atoms with Crippen molar-refractivity contribution in [1.29, 1.82) is 0 Å². The van der Waals surface area contributed by atoms with Gasteiger partial charge in [-0.25, -0.2) is 0 Å². The maximum absolute atomic E-state index is 5.91. The third-order valence-electron chi connectivity index (χ3n) is 3.57. The lowest BCUT2D eigenvalue weighted by atomic mass is 9.93. The van der Waals surface area contributed by atoms with Gasteiger partial charge in [0.05, 0.1) is 18.3 Å². The van der Waals surface area contributed by atoms with Gasteiger partial charge in [-0.2, -0.15) is 0 Å². The van der Waals surface area contributed by atoms with Crippen LogP contribution >= 0.6 is 0 Å². The summed E-state index contributed by atoms with van der Waals surface area (Å²) in [4.78, 5) is 2.39. The van der Waals surface area contributed by atoms with E-state index in [0.717, 1.165) is 58.9 Å². The summed E-state index contributed by atoms with van der Waals surface area (Å²) < 4.78 is 17.2. The van der Waals surface area contributed by atoms with E-state index in [1.54, 1.807) is 0 Å². The van der Waals surface area contributed by atoms with Crippen LogP contribution in [-0.4, -0.2) is 62.7 Å². The lowest BCUT2D eigenvalue weighted by Gasteiger charge is -2.42. The van der Waals surface area contributed by atoms with E-state index in [0.29, 0.717) is 11.5 Å². The van der Waals surface area contributed by atoms with E-state index in [9.17, 15) is 0 Å². The molecule has 0 atom stereocenters. The lowest BCUT2D eigenvalue weighted by molar-refractivity contribution is -0.126. The van der Waals surface area contributed by atoms with Crippen molar-refractivity contribution in [3.8, 4) is 0 Å². The van der Waals surface area contributed by atoms with Crippen molar-refractivity contribution in [2.75, 3.05) is 46.1 Å².